The highest BCUT2D eigenvalue weighted by Gasteiger charge is 2.27. The normalized spacial score (nSPS) is 11.1. The molecule has 168 valence electrons. The molecule has 0 atom stereocenters. The topological polar surface area (TPSA) is 88.6 Å². The zero-order chi connectivity index (χ0) is 23.3. The van der Waals surface area contributed by atoms with Crippen molar-refractivity contribution in [3.63, 3.8) is 0 Å². The summed E-state index contributed by atoms with van der Waals surface area (Å²) in [4.78, 5) is 16.9. The predicted octanol–water partition coefficient (Wildman–Crippen LogP) is 4.24. The molecule has 32 heavy (non-hydrogen) atoms. The van der Waals surface area contributed by atoms with E-state index in [2.05, 4.69) is 10.3 Å². The number of pyridine rings is 1. The SMILES string of the molecule is COc1ccc(N(CCC(=O)Nc2ccc(C)cn2)S(=O)(=O)c2ccc(C)cc2C)cc1. The first-order valence-electron chi connectivity index (χ1n) is 10.2. The van der Waals surface area contributed by atoms with Gasteiger partial charge in [0.15, 0.2) is 0 Å². The number of nitrogens with one attached hydrogen (secondary N) is 1. The van der Waals surface area contributed by atoms with Crippen LogP contribution in [0.2, 0.25) is 0 Å². The third kappa shape index (κ3) is 5.45. The summed E-state index contributed by atoms with van der Waals surface area (Å²) < 4.78 is 33.6. The Labute approximate surface area is 189 Å². The van der Waals surface area contributed by atoms with Crippen LogP contribution in [0.1, 0.15) is 23.1 Å². The number of hydrogen-bond donors (Lipinski definition) is 1. The van der Waals surface area contributed by atoms with Crippen molar-refractivity contribution in [2.24, 2.45) is 0 Å². The molecule has 1 heterocycles. The van der Waals surface area contributed by atoms with Gasteiger partial charge in [-0.2, -0.15) is 0 Å². The lowest BCUT2D eigenvalue weighted by molar-refractivity contribution is -0.116. The van der Waals surface area contributed by atoms with E-state index in [9.17, 15) is 13.2 Å². The zero-order valence-corrected chi connectivity index (χ0v) is 19.4. The van der Waals surface area contributed by atoms with Crippen molar-refractivity contribution in [1.82, 2.24) is 4.98 Å². The molecule has 0 bridgehead atoms. The van der Waals surface area contributed by atoms with Gasteiger partial charge in [0.05, 0.1) is 17.7 Å². The number of anilines is 2. The van der Waals surface area contributed by atoms with E-state index in [4.69, 9.17) is 4.74 Å². The molecule has 0 unspecified atom stereocenters. The van der Waals surface area contributed by atoms with Crippen LogP contribution < -0.4 is 14.4 Å². The molecular formula is C24H27N3O4S. The van der Waals surface area contributed by atoms with Gasteiger partial charge in [0.25, 0.3) is 10.0 Å². The lowest BCUT2D eigenvalue weighted by atomic mass is 10.2. The maximum atomic E-state index is 13.6. The number of carbonyl (C=O) groups is 1. The number of amides is 1. The van der Waals surface area contributed by atoms with Crippen molar-refractivity contribution in [3.05, 3.63) is 77.5 Å². The largest absolute Gasteiger partial charge is 0.497 e. The van der Waals surface area contributed by atoms with Crippen LogP contribution in [0.5, 0.6) is 5.75 Å². The average molecular weight is 454 g/mol. The molecule has 0 spiro atoms. The van der Waals surface area contributed by atoms with Crippen LogP contribution in [-0.4, -0.2) is 33.0 Å². The standard InChI is InChI=1S/C24H27N3O4S/c1-17-5-11-22(19(3)15-17)32(29,30)27(20-7-9-21(31-4)10-8-20)14-13-24(28)26-23-12-6-18(2)16-25-23/h5-12,15-16H,13-14H2,1-4H3,(H,25,26,28). The molecule has 0 saturated carbocycles. The molecule has 0 aliphatic rings. The van der Waals surface area contributed by atoms with Crippen LogP contribution in [0.15, 0.2) is 65.7 Å². The second-order valence-electron chi connectivity index (χ2n) is 7.56. The van der Waals surface area contributed by atoms with Gasteiger partial charge in [-0.1, -0.05) is 23.8 Å². The summed E-state index contributed by atoms with van der Waals surface area (Å²) in [6.07, 6.45) is 1.62. The van der Waals surface area contributed by atoms with Crippen molar-refractivity contribution in [3.8, 4) is 5.75 Å². The van der Waals surface area contributed by atoms with Crippen molar-refractivity contribution in [2.45, 2.75) is 32.1 Å². The molecule has 0 aliphatic carbocycles. The fourth-order valence-corrected chi connectivity index (χ4v) is 4.97. The molecule has 7 nitrogen and oxygen atoms in total. The van der Waals surface area contributed by atoms with E-state index in [1.54, 1.807) is 62.7 Å². The fourth-order valence-electron chi connectivity index (χ4n) is 3.29. The number of hydrogen-bond acceptors (Lipinski definition) is 5. The maximum absolute atomic E-state index is 13.6. The first-order valence-corrected chi connectivity index (χ1v) is 11.6. The Kier molecular flexibility index (Phi) is 7.15. The molecule has 1 N–H and O–H groups in total. The predicted molar refractivity (Wildman–Crippen MR) is 126 cm³/mol. The minimum atomic E-state index is -3.90. The lowest BCUT2D eigenvalue weighted by Gasteiger charge is -2.25. The Morgan fingerprint density at radius 3 is 2.28 bits per heavy atom. The monoisotopic (exact) mass is 453 g/mol. The highest BCUT2D eigenvalue weighted by molar-refractivity contribution is 7.92. The van der Waals surface area contributed by atoms with E-state index < -0.39 is 10.0 Å². The number of sulfonamides is 1. The summed E-state index contributed by atoms with van der Waals surface area (Å²) in [7, 11) is -2.35. The van der Waals surface area contributed by atoms with Crippen LogP contribution in [0.4, 0.5) is 11.5 Å². The Morgan fingerprint density at radius 2 is 1.69 bits per heavy atom. The van der Waals surface area contributed by atoms with Crippen LogP contribution in [0.25, 0.3) is 0 Å². The third-order valence-corrected chi connectivity index (χ3v) is 6.97. The number of benzene rings is 2. The third-order valence-electron chi connectivity index (χ3n) is 4.98. The molecule has 1 aromatic heterocycles. The molecule has 8 heteroatoms. The van der Waals surface area contributed by atoms with Gasteiger partial charge in [-0.3, -0.25) is 9.10 Å². The van der Waals surface area contributed by atoms with Crippen LogP contribution in [0, 0.1) is 20.8 Å². The molecular weight excluding hydrogens is 426 g/mol. The number of aryl methyl sites for hydroxylation is 3. The molecule has 0 fully saturated rings. The average Bonchev–Trinajstić information content (AvgIpc) is 2.75. The molecule has 3 aromatic rings. The van der Waals surface area contributed by atoms with Crippen molar-refractivity contribution in [2.75, 3.05) is 23.3 Å². The smallest absolute Gasteiger partial charge is 0.264 e. The van der Waals surface area contributed by atoms with E-state index in [0.29, 0.717) is 22.8 Å². The van der Waals surface area contributed by atoms with Gasteiger partial charge >= 0.3 is 0 Å². The molecule has 3 rings (SSSR count). The van der Waals surface area contributed by atoms with Gasteiger partial charge in [-0.25, -0.2) is 13.4 Å². The minimum Gasteiger partial charge on any atom is -0.497 e. The van der Waals surface area contributed by atoms with Gasteiger partial charge in [0.1, 0.15) is 11.6 Å². The number of nitrogens with zero attached hydrogens (tertiary/aromatic N) is 2. The summed E-state index contributed by atoms with van der Waals surface area (Å²) in [6, 6.07) is 15.5. The van der Waals surface area contributed by atoms with E-state index in [0.717, 1.165) is 11.1 Å². The zero-order valence-electron chi connectivity index (χ0n) is 18.6. The van der Waals surface area contributed by atoms with Crippen LogP contribution in [0.3, 0.4) is 0 Å². The number of rotatable bonds is 8. The summed E-state index contributed by atoms with van der Waals surface area (Å²) in [5.74, 6) is 0.713. The Balaban J connectivity index is 1.88. The highest BCUT2D eigenvalue weighted by atomic mass is 32.2. The minimum absolute atomic E-state index is 0.0281. The van der Waals surface area contributed by atoms with E-state index in [1.807, 2.05) is 26.0 Å². The quantitative estimate of drug-likeness (QED) is 0.551. The fraction of sp³-hybridized carbons (Fsp3) is 0.250. The molecule has 2 aromatic carbocycles. The van der Waals surface area contributed by atoms with Gasteiger partial charge < -0.3 is 10.1 Å². The number of ether oxygens (including phenoxy) is 1. The summed E-state index contributed by atoms with van der Waals surface area (Å²) in [6.45, 7) is 5.55. The summed E-state index contributed by atoms with van der Waals surface area (Å²) in [5.41, 5.74) is 3.06. The second-order valence-corrected chi connectivity index (χ2v) is 9.39. The molecule has 1 amide bonds. The van der Waals surface area contributed by atoms with E-state index >= 15 is 0 Å². The van der Waals surface area contributed by atoms with Crippen LogP contribution >= 0.6 is 0 Å². The van der Waals surface area contributed by atoms with Crippen molar-refractivity contribution >= 4 is 27.4 Å². The summed E-state index contributed by atoms with van der Waals surface area (Å²) in [5, 5.41) is 2.71. The second kappa shape index (κ2) is 9.82. The Bertz CT molecular complexity index is 1190. The Morgan fingerprint density at radius 1 is 1.00 bits per heavy atom. The Hall–Kier alpha value is -3.39. The van der Waals surface area contributed by atoms with Crippen LogP contribution in [-0.2, 0) is 14.8 Å². The van der Waals surface area contributed by atoms with Crippen molar-refractivity contribution < 1.29 is 17.9 Å². The number of carbonyl (C=O) groups excluding carboxylic acids is 1. The lowest BCUT2D eigenvalue weighted by Crippen LogP contribution is -2.34. The summed E-state index contributed by atoms with van der Waals surface area (Å²) >= 11 is 0. The first kappa shape index (κ1) is 23.3. The van der Waals surface area contributed by atoms with Gasteiger partial charge in [-0.05, 0) is 68.3 Å². The maximum Gasteiger partial charge on any atom is 0.264 e. The van der Waals surface area contributed by atoms with Gasteiger partial charge in [0.2, 0.25) is 5.91 Å². The number of methoxy groups -OCH3 is 1. The first-order chi connectivity index (χ1) is 15.2. The van der Waals surface area contributed by atoms with Gasteiger partial charge in [0, 0.05) is 19.2 Å². The van der Waals surface area contributed by atoms with E-state index in [-0.39, 0.29) is 23.8 Å². The van der Waals surface area contributed by atoms with E-state index in [1.165, 1.54) is 4.31 Å². The molecule has 0 radical (unpaired) electrons. The molecule has 0 aliphatic heterocycles. The van der Waals surface area contributed by atoms with Crippen molar-refractivity contribution in [1.29, 1.82) is 0 Å². The highest BCUT2D eigenvalue weighted by Crippen LogP contribution is 2.28. The van der Waals surface area contributed by atoms with Gasteiger partial charge in [-0.15, -0.1) is 0 Å². The number of aromatic nitrogens is 1. The molecule has 0 saturated heterocycles.